The Morgan fingerprint density at radius 2 is 1.75 bits per heavy atom. The Balaban J connectivity index is 1.63. The number of hydrogen-bond donors (Lipinski definition) is 1. The summed E-state index contributed by atoms with van der Waals surface area (Å²) in [4.78, 5) is 26.2. The summed E-state index contributed by atoms with van der Waals surface area (Å²) in [5.74, 6) is 0.219. The van der Waals surface area contributed by atoms with Crippen molar-refractivity contribution < 1.29 is 27.6 Å². The predicted octanol–water partition coefficient (Wildman–Crippen LogP) is 3.46. The minimum absolute atomic E-state index is 0.107. The predicted molar refractivity (Wildman–Crippen MR) is 115 cm³/mol. The summed E-state index contributed by atoms with van der Waals surface area (Å²) in [5.41, 5.74) is -1.18. The highest BCUT2D eigenvalue weighted by Crippen LogP contribution is 2.36. The zero-order chi connectivity index (χ0) is 23.5. The van der Waals surface area contributed by atoms with Gasteiger partial charge in [-0.05, 0) is 48.6 Å². The summed E-state index contributed by atoms with van der Waals surface area (Å²) >= 11 is 5.30. The first-order valence-corrected chi connectivity index (χ1v) is 9.86. The van der Waals surface area contributed by atoms with E-state index in [-0.39, 0.29) is 23.9 Å². The Kier molecular flexibility index (Phi) is 6.82. The molecule has 8 nitrogen and oxygen atoms in total. The molecule has 1 N–H and O–H groups in total. The molecule has 1 heterocycles. The zero-order valence-corrected chi connectivity index (χ0v) is 17.7. The Morgan fingerprint density at radius 1 is 1.12 bits per heavy atom. The van der Waals surface area contributed by atoms with Gasteiger partial charge in [0.1, 0.15) is 11.4 Å². The van der Waals surface area contributed by atoms with Gasteiger partial charge >= 0.3 is 6.18 Å². The number of carbonyl (C=O) groups is 1. The smallest absolute Gasteiger partial charge is 0.416 e. The van der Waals surface area contributed by atoms with Crippen molar-refractivity contribution in [3.05, 3.63) is 63.7 Å². The van der Waals surface area contributed by atoms with Gasteiger partial charge in [-0.25, -0.2) is 0 Å². The van der Waals surface area contributed by atoms with E-state index in [4.69, 9.17) is 17.0 Å². The number of halogens is 3. The number of thiocarbonyl (C=S) groups is 1. The van der Waals surface area contributed by atoms with E-state index in [1.54, 1.807) is 34.1 Å². The lowest BCUT2D eigenvalue weighted by atomic mass is 10.1. The highest BCUT2D eigenvalue weighted by Gasteiger charge is 2.34. The summed E-state index contributed by atoms with van der Waals surface area (Å²) in [6.07, 6.45) is -4.67. The molecule has 1 aliphatic rings. The zero-order valence-electron chi connectivity index (χ0n) is 16.9. The van der Waals surface area contributed by atoms with E-state index >= 15 is 0 Å². The van der Waals surface area contributed by atoms with Gasteiger partial charge in [0.25, 0.3) is 11.6 Å². The lowest BCUT2D eigenvalue weighted by Crippen LogP contribution is -2.52. The molecular formula is C20H19F3N4O4S. The number of anilines is 1. The molecule has 0 unspecified atom stereocenters. The van der Waals surface area contributed by atoms with Gasteiger partial charge in [-0.1, -0.05) is 0 Å². The van der Waals surface area contributed by atoms with Crippen molar-refractivity contribution in [2.45, 2.75) is 6.18 Å². The number of nitro benzene ring substituents is 1. The molecule has 1 amide bonds. The van der Waals surface area contributed by atoms with Crippen molar-refractivity contribution in [3.63, 3.8) is 0 Å². The monoisotopic (exact) mass is 468 g/mol. The first-order valence-electron chi connectivity index (χ1n) is 9.45. The molecule has 0 aromatic heterocycles. The van der Waals surface area contributed by atoms with Crippen molar-refractivity contribution in [3.8, 4) is 5.75 Å². The molecule has 170 valence electrons. The van der Waals surface area contributed by atoms with Crippen LogP contribution in [0.3, 0.4) is 0 Å². The van der Waals surface area contributed by atoms with Crippen molar-refractivity contribution in [2.24, 2.45) is 0 Å². The molecule has 0 bridgehead atoms. The molecule has 1 fully saturated rings. The molecule has 32 heavy (non-hydrogen) atoms. The fourth-order valence-corrected chi connectivity index (χ4v) is 3.53. The van der Waals surface area contributed by atoms with Crippen LogP contribution in [0.25, 0.3) is 0 Å². The average molecular weight is 468 g/mol. The van der Waals surface area contributed by atoms with Gasteiger partial charge in [0.15, 0.2) is 5.11 Å². The topological polar surface area (TPSA) is 88.0 Å². The fourth-order valence-electron chi connectivity index (χ4n) is 3.25. The van der Waals surface area contributed by atoms with Gasteiger partial charge < -0.3 is 14.5 Å². The lowest BCUT2D eigenvalue weighted by Gasteiger charge is -2.37. The summed E-state index contributed by atoms with van der Waals surface area (Å²) in [6.45, 7) is 1.23. The molecule has 0 radical (unpaired) electrons. The number of nitrogens with zero attached hydrogens (tertiary/aromatic N) is 3. The molecule has 0 atom stereocenters. The summed E-state index contributed by atoms with van der Waals surface area (Å²) in [7, 11) is 1.52. The third-order valence-corrected chi connectivity index (χ3v) is 5.34. The standard InChI is InChI=1S/C20H19F3N4O4S/c1-31-15-5-2-13(3-6-15)18(28)24-19(32)26-10-8-25(9-11-26)16-7-4-14(20(21,22)23)12-17(16)27(29)30/h2-7,12H,8-11H2,1H3,(H,24,28,32). The number of nitrogens with one attached hydrogen (secondary N) is 1. The SMILES string of the molecule is COc1ccc(C(=O)NC(=S)N2CCN(c3ccc(C(F)(F)F)cc3[N+](=O)[O-])CC2)cc1. The molecule has 3 rings (SSSR count). The highest BCUT2D eigenvalue weighted by molar-refractivity contribution is 7.80. The molecule has 0 spiro atoms. The van der Waals surface area contributed by atoms with Crippen LogP contribution in [-0.4, -0.2) is 54.1 Å². The van der Waals surface area contributed by atoms with Crippen LogP contribution in [0.15, 0.2) is 42.5 Å². The van der Waals surface area contributed by atoms with E-state index in [0.29, 0.717) is 30.5 Å². The number of hydrogen-bond acceptors (Lipinski definition) is 6. The minimum Gasteiger partial charge on any atom is -0.497 e. The van der Waals surface area contributed by atoms with Gasteiger partial charge in [0.05, 0.1) is 17.6 Å². The Hall–Kier alpha value is -3.41. The van der Waals surface area contributed by atoms with Crippen molar-refractivity contribution in [1.82, 2.24) is 10.2 Å². The maximum atomic E-state index is 12.9. The second-order valence-corrected chi connectivity index (χ2v) is 7.31. The summed E-state index contributed by atoms with van der Waals surface area (Å²) in [5, 5.41) is 14.2. The average Bonchev–Trinajstić information content (AvgIpc) is 2.78. The minimum atomic E-state index is -4.67. The van der Waals surface area contributed by atoms with E-state index in [1.165, 1.54) is 7.11 Å². The number of amides is 1. The number of rotatable bonds is 4. The molecular weight excluding hydrogens is 449 g/mol. The largest absolute Gasteiger partial charge is 0.497 e. The van der Waals surface area contributed by atoms with E-state index in [0.717, 1.165) is 12.1 Å². The number of alkyl halides is 3. The van der Waals surface area contributed by atoms with Gasteiger partial charge in [0.2, 0.25) is 0 Å². The second-order valence-electron chi connectivity index (χ2n) is 6.92. The number of benzene rings is 2. The quantitative estimate of drug-likeness (QED) is 0.418. The molecule has 12 heteroatoms. The maximum Gasteiger partial charge on any atom is 0.416 e. The highest BCUT2D eigenvalue weighted by atomic mass is 32.1. The Labute approximate surface area is 186 Å². The second kappa shape index (κ2) is 9.39. The van der Waals surface area contributed by atoms with E-state index in [1.807, 2.05) is 0 Å². The molecule has 1 saturated heterocycles. The molecule has 0 aliphatic carbocycles. The van der Waals surface area contributed by atoms with E-state index < -0.39 is 28.3 Å². The number of piperazine rings is 1. The number of carbonyl (C=O) groups excluding carboxylic acids is 1. The summed E-state index contributed by atoms with van der Waals surface area (Å²) < 4.78 is 43.8. The van der Waals surface area contributed by atoms with Crippen LogP contribution < -0.4 is 15.0 Å². The maximum absolute atomic E-state index is 12.9. The lowest BCUT2D eigenvalue weighted by molar-refractivity contribution is -0.384. The molecule has 2 aromatic rings. The van der Waals surface area contributed by atoms with Crippen LogP contribution in [0.1, 0.15) is 15.9 Å². The van der Waals surface area contributed by atoms with Gasteiger partial charge in [-0.3, -0.25) is 20.2 Å². The first kappa shape index (κ1) is 23.3. The number of nitro groups is 1. The Morgan fingerprint density at radius 3 is 2.28 bits per heavy atom. The Bertz CT molecular complexity index is 1020. The van der Waals surface area contributed by atoms with E-state index in [2.05, 4.69) is 5.32 Å². The van der Waals surface area contributed by atoms with Crippen LogP contribution in [0.5, 0.6) is 5.75 Å². The van der Waals surface area contributed by atoms with E-state index in [9.17, 15) is 28.1 Å². The van der Waals surface area contributed by atoms with Crippen LogP contribution in [-0.2, 0) is 6.18 Å². The number of methoxy groups -OCH3 is 1. The normalized spacial score (nSPS) is 14.1. The van der Waals surface area contributed by atoms with Gasteiger partial charge in [-0.15, -0.1) is 0 Å². The van der Waals surface area contributed by atoms with Gasteiger partial charge in [0, 0.05) is 37.8 Å². The third kappa shape index (κ3) is 5.25. The van der Waals surface area contributed by atoms with Crippen molar-refractivity contribution >= 4 is 34.6 Å². The summed E-state index contributed by atoms with van der Waals surface area (Å²) in [6, 6.07) is 8.97. The molecule has 2 aromatic carbocycles. The van der Waals surface area contributed by atoms with Crippen LogP contribution in [0, 0.1) is 10.1 Å². The van der Waals surface area contributed by atoms with Crippen molar-refractivity contribution in [1.29, 1.82) is 0 Å². The molecule has 1 aliphatic heterocycles. The third-order valence-electron chi connectivity index (χ3n) is 4.98. The van der Waals surface area contributed by atoms with Crippen molar-refractivity contribution in [2.75, 3.05) is 38.2 Å². The number of ether oxygens (including phenoxy) is 1. The van der Waals surface area contributed by atoms with Crippen LogP contribution >= 0.6 is 12.2 Å². The van der Waals surface area contributed by atoms with Crippen LogP contribution in [0.2, 0.25) is 0 Å². The molecule has 0 saturated carbocycles. The van der Waals surface area contributed by atoms with Crippen LogP contribution in [0.4, 0.5) is 24.5 Å². The van der Waals surface area contributed by atoms with Gasteiger partial charge in [-0.2, -0.15) is 13.2 Å². The first-order chi connectivity index (χ1) is 15.1. The fraction of sp³-hybridized carbons (Fsp3) is 0.300.